The molecule has 0 saturated carbocycles. The van der Waals surface area contributed by atoms with Gasteiger partial charge in [0.1, 0.15) is 5.82 Å². The summed E-state index contributed by atoms with van der Waals surface area (Å²) in [6, 6.07) is 14.4. The second-order valence-electron chi connectivity index (χ2n) is 4.10. The first kappa shape index (κ1) is 13.2. The minimum absolute atomic E-state index is 0.0215. The first-order chi connectivity index (χ1) is 8.69. The Balaban J connectivity index is 2.14. The molecule has 0 heterocycles. The SMILES string of the molecule is NNC(Cc1ccc(Br)cc1)c1ccc(F)cc1. The second kappa shape index (κ2) is 6.09. The summed E-state index contributed by atoms with van der Waals surface area (Å²) in [4.78, 5) is 0. The van der Waals surface area contributed by atoms with E-state index in [1.54, 1.807) is 12.1 Å². The summed E-state index contributed by atoms with van der Waals surface area (Å²) >= 11 is 3.40. The van der Waals surface area contributed by atoms with Crippen molar-refractivity contribution in [3.05, 3.63) is 69.9 Å². The Morgan fingerprint density at radius 1 is 1.06 bits per heavy atom. The maximum Gasteiger partial charge on any atom is 0.123 e. The van der Waals surface area contributed by atoms with E-state index in [1.165, 1.54) is 17.7 Å². The molecule has 0 radical (unpaired) electrons. The van der Waals surface area contributed by atoms with E-state index in [1.807, 2.05) is 24.3 Å². The van der Waals surface area contributed by atoms with Gasteiger partial charge in [0, 0.05) is 10.5 Å². The fourth-order valence-corrected chi connectivity index (χ4v) is 2.09. The minimum Gasteiger partial charge on any atom is -0.271 e. The molecule has 0 bridgehead atoms. The highest BCUT2D eigenvalue weighted by molar-refractivity contribution is 9.10. The molecule has 3 N–H and O–H groups in total. The van der Waals surface area contributed by atoms with Crippen LogP contribution in [0.5, 0.6) is 0 Å². The number of rotatable bonds is 4. The van der Waals surface area contributed by atoms with E-state index >= 15 is 0 Å². The Labute approximate surface area is 114 Å². The third-order valence-corrected chi connectivity index (χ3v) is 3.36. The van der Waals surface area contributed by atoms with Crippen LogP contribution >= 0.6 is 15.9 Å². The monoisotopic (exact) mass is 308 g/mol. The van der Waals surface area contributed by atoms with Crippen molar-refractivity contribution in [1.29, 1.82) is 0 Å². The maximum absolute atomic E-state index is 12.9. The third-order valence-electron chi connectivity index (χ3n) is 2.83. The number of nitrogens with one attached hydrogen (secondary N) is 1. The lowest BCUT2D eigenvalue weighted by Crippen LogP contribution is -2.29. The van der Waals surface area contributed by atoms with Crippen LogP contribution < -0.4 is 11.3 Å². The quantitative estimate of drug-likeness (QED) is 0.671. The summed E-state index contributed by atoms with van der Waals surface area (Å²) in [5, 5.41) is 0. The van der Waals surface area contributed by atoms with E-state index in [-0.39, 0.29) is 11.9 Å². The van der Waals surface area contributed by atoms with Gasteiger partial charge in [-0.1, -0.05) is 40.2 Å². The van der Waals surface area contributed by atoms with E-state index in [0.29, 0.717) is 0 Å². The number of nitrogens with two attached hydrogens (primary N) is 1. The van der Waals surface area contributed by atoms with Crippen LogP contribution in [0.25, 0.3) is 0 Å². The molecule has 0 fully saturated rings. The van der Waals surface area contributed by atoms with Gasteiger partial charge >= 0.3 is 0 Å². The van der Waals surface area contributed by atoms with Crippen LogP contribution in [0.4, 0.5) is 4.39 Å². The first-order valence-electron chi connectivity index (χ1n) is 5.65. The Hall–Kier alpha value is -1.23. The van der Waals surface area contributed by atoms with Crippen LogP contribution in [0.2, 0.25) is 0 Å². The Morgan fingerprint density at radius 2 is 1.67 bits per heavy atom. The normalized spacial score (nSPS) is 12.4. The van der Waals surface area contributed by atoms with Crippen molar-refractivity contribution in [2.24, 2.45) is 5.84 Å². The molecule has 2 aromatic carbocycles. The van der Waals surface area contributed by atoms with Gasteiger partial charge in [0.25, 0.3) is 0 Å². The molecule has 0 aliphatic heterocycles. The summed E-state index contributed by atoms with van der Waals surface area (Å²) in [6.07, 6.45) is 0.759. The van der Waals surface area contributed by atoms with Crippen LogP contribution in [-0.2, 0) is 6.42 Å². The molecule has 94 valence electrons. The van der Waals surface area contributed by atoms with Gasteiger partial charge in [0.2, 0.25) is 0 Å². The number of hydrogen-bond donors (Lipinski definition) is 2. The molecular weight excluding hydrogens is 295 g/mol. The molecule has 2 aromatic rings. The van der Waals surface area contributed by atoms with Gasteiger partial charge in [-0.15, -0.1) is 0 Å². The number of halogens is 2. The lowest BCUT2D eigenvalue weighted by molar-refractivity contribution is 0.549. The van der Waals surface area contributed by atoms with Gasteiger partial charge in [-0.05, 0) is 41.8 Å². The molecule has 0 aliphatic carbocycles. The van der Waals surface area contributed by atoms with Crippen molar-refractivity contribution in [3.8, 4) is 0 Å². The largest absolute Gasteiger partial charge is 0.271 e. The van der Waals surface area contributed by atoms with Gasteiger partial charge in [-0.3, -0.25) is 11.3 Å². The molecule has 2 nitrogen and oxygen atoms in total. The molecule has 2 rings (SSSR count). The van der Waals surface area contributed by atoms with Gasteiger partial charge in [0.15, 0.2) is 0 Å². The average Bonchev–Trinajstić information content (AvgIpc) is 2.39. The van der Waals surface area contributed by atoms with Crippen molar-refractivity contribution in [2.75, 3.05) is 0 Å². The third kappa shape index (κ3) is 3.38. The van der Waals surface area contributed by atoms with Gasteiger partial charge in [-0.2, -0.15) is 0 Å². The van der Waals surface area contributed by atoms with Gasteiger partial charge in [0.05, 0.1) is 0 Å². The predicted octanol–water partition coefficient (Wildman–Crippen LogP) is 3.34. The smallest absolute Gasteiger partial charge is 0.123 e. The second-order valence-corrected chi connectivity index (χ2v) is 5.02. The molecule has 0 amide bonds. The molecule has 4 heteroatoms. The summed E-state index contributed by atoms with van der Waals surface area (Å²) < 4.78 is 13.9. The van der Waals surface area contributed by atoms with Gasteiger partial charge < -0.3 is 0 Å². The molecule has 0 spiro atoms. The first-order valence-corrected chi connectivity index (χ1v) is 6.44. The molecule has 0 aliphatic rings. The van der Waals surface area contributed by atoms with E-state index in [2.05, 4.69) is 21.4 Å². The van der Waals surface area contributed by atoms with Crippen LogP contribution in [0.1, 0.15) is 17.2 Å². The van der Waals surface area contributed by atoms with Crippen molar-refractivity contribution in [2.45, 2.75) is 12.5 Å². The predicted molar refractivity (Wildman–Crippen MR) is 74.3 cm³/mol. The molecule has 0 aromatic heterocycles. The van der Waals surface area contributed by atoms with E-state index < -0.39 is 0 Å². The maximum atomic E-state index is 12.9. The van der Waals surface area contributed by atoms with Crippen molar-refractivity contribution in [3.63, 3.8) is 0 Å². The highest BCUT2D eigenvalue weighted by Gasteiger charge is 2.10. The molecule has 1 atom stereocenters. The fourth-order valence-electron chi connectivity index (χ4n) is 1.82. The minimum atomic E-state index is -0.238. The van der Waals surface area contributed by atoms with Crippen LogP contribution in [0.3, 0.4) is 0 Å². The summed E-state index contributed by atoms with van der Waals surface area (Å²) in [6.45, 7) is 0. The Kier molecular flexibility index (Phi) is 4.47. The average molecular weight is 309 g/mol. The molecule has 18 heavy (non-hydrogen) atoms. The Morgan fingerprint density at radius 3 is 2.22 bits per heavy atom. The number of hydrogen-bond acceptors (Lipinski definition) is 2. The summed E-state index contributed by atoms with van der Waals surface area (Å²) in [5.41, 5.74) is 4.91. The molecule has 0 saturated heterocycles. The number of benzene rings is 2. The zero-order chi connectivity index (χ0) is 13.0. The van der Waals surface area contributed by atoms with E-state index in [9.17, 15) is 4.39 Å². The van der Waals surface area contributed by atoms with Crippen molar-refractivity contribution in [1.82, 2.24) is 5.43 Å². The lowest BCUT2D eigenvalue weighted by Gasteiger charge is -2.16. The lowest BCUT2D eigenvalue weighted by atomic mass is 9.99. The van der Waals surface area contributed by atoms with E-state index in [0.717, 1.165) is 16.5 Å². The summed E-state index contributed by atoms with van der Waals surface area (Å²) in [5.74, 6) is 5.33. The van der Waals surface area contributed by atoms with E-state index in [4.69, 9.17) is 5.84 Å². The van der Waals surface area contributed by atoms with Crippen LogP contribution in [0.15, 0.2) is 53.0 Å². The van der Waals surface area contributed by atoms with Crippen molar-refractivity contribution >= 4 is 15.9 Å². The fraction of sp³-hybridized carbons (Fsp3) is 0.143. The highest BCUT2D eigenvalue weighted by atomic mass is 79.9. The van der Waals surface area contributed by atoms with Crippen LogP contribution in [-0.4, -0.2) is 0 Å². The highest BCUT2D eigenvalue weighted by Crippen LogP contribution is 2.19. The topological polar surface area (TPSA) is 38.0 Å². The summed E-state index contributed by atoms with van der Waals surface area (Å²) in [7, 11) is 0. The molecule has 1 unspecified atom stereocenters. The number of hydrazine groups is 1. The van der Waals surface area contributed by atoms with Gasteiger partial charge in [-0.25, -0.2) is 4.39 Å². The standard InChI is InChI=1S/C14H14BrFN2/c15-12-5-1-10(2-6-12)9-14(18-17)11-3-7-13(16)8-4-11/h1-8,14,18H,9,17H2. The van der Waals surface area contributed by atoms with Crippen molar-refractivity contribution < 1.29 is 4.39 Å². The molecular formula is C14H14BrFN2. The zero-order valence-corrected chi connectivity index (χ0v) is 11.3. The zero-order valence-electron chi connectivity index (χ0n) is 9.74. The van der Waals surface area contributed by atoms with Crippen LogP contribution in [0, 0.1) is 5.82 Å². The Bertz CT molecular complexity index is 496.